The first-order valence-electron chi connectivity index (χ1n) is 22.2. The molecular formula is C45H63N11O6. The number of nitrogens with zero attached hydrogens (tertiary/aromatic N) is 2. The summed E-state index contributed by atoms with van der Waals surface area (Å²) >= 11 is 0. The van der Waals surface area contributed by atoms with Crippen molar-refractivity contribution < 1.29 is 28.8 Å². The van der Waals surface area contributed by atoms with Crippen molar-refractivity contribution in [3.05, 3.63) is 71.9 Å². The van der Waals surface area contributed by atoms with Gasteiger partial charge in [-0.05, 0) is 74.5 Å². The maximum absolute atomic E-state index is 14.6. The number of fused-ring (bicyclic) bond motifs is 2. The zero-order valence-corrected chi connectivity index (χ0v) is 35.4. The molecule has 3 heterocycles. The van der Waals surface area contributed by atoms with E-state index in [1.54, 1.807) is 6.20 Å². The van der Waals surface area contributed by atoms with Gasteiger partial charge in [-0.1, -0.05) is 80.6 Å². The Kier molecular flexibility index (Phi) is 16.3. The summed E-state index contributed by atoms with van der Waals surface area (Å²) in [4.78, 5) is 93.7. The van der Waals surface area contributed by atoms with E-state index in [2.05, 4.69) is 36.6 Å². The van der Waals surface area contributed by atoms with Crippen LogP contribution in [0, 0.1) is 5.92 Å². The van der Waals surface area contributed by atoms with Crippen LogP contribution in [-0.4, -0.2) is 107 Å². The zero-order valence-electron chi connectivity index (χ0n) is 35.4. The lowest BCUT2D eigenvalue weighted by Gasteiger charge is -2.32. The number of hydrogen-bond acceptors (Lipinski definition) is 8. The fourth-order valence-electron chi connectivity index (χ4n) is 8.93. The molecular weight excluding hydrogens is 791 g/mol. The van der Waals surface area contributed by atoms with Crippen molar-refractivity contribution in [2.75, 3.05) is 19.6 Å². The summed E-state index contributed by atoms with van der Waals surface area (Å²) in [5.41, 5.74) is 20.0. The van der Waals surface area contributed by atoms with Crippen LogP contribution in [0.25, 0.3) is 10.9 Å². The van der Waals surface area contributed by atoms with Crippen LogP contribution >= 0.6 is 0 Å². The Hall–Kier alpha value is -5.97. The number of aliphatic imine (C=N–C) groups is 1. The number of para-hydroxylation sites is 1. The standard InChI is InChI=1S/C45H63N11O6/c46-32(24-28-12-3-1-4-13-28)39(57)53-35-18-9-10-21-49-40(58)34(20-22-50-45(47)48)52-42(60)37(26-30-27-51-33-17-8-7-16-31(30)33)54-41(59)36(25-29-14-5-2-6-15-29)55-43(61)38-19-11-23-56(38)44(35)62/h1,3-4,7-8,12-13,16-17,27,29,32,34-38,51H,2,5-6,9-11,14-15,18-26,46H2,(H,49,58)(H,52,60)(H,53,57)(H,54,59)(H,55,61)(H4,47,48,50)/t32-,34-,35-,36+,37-,38-/m0/s1. The fourth-order valence-corrected chi connectivity index (χ4v) is 8.93. The van der Waals surface area contributed by atoms with Crippen LogP contribution in [0.4, 0.5) is 0 Å². The number of nitrogens with one attached hydrogen (secondary N) is 6. The molecule has 0 spiro atoms. The summed E-state index contributed by atoms with van der Waals surface area (Å²) in [7, 11) is 0. The average molecular weight is 854 g/mol. The molecule has 334 valence electrons. The SMILES string of the molecule is NC(N)=NCC[C@@H]1NC(=O)[C@H](Cc2c[nH]c3ccccc23)NC(=O)[C@@H](CC2CCCCC2)NC(=O)[C@@H]2CCCN2C(=O)[C@@H](NC(=O)[C@@H](N)Cc2ccccc2)CCCCNC1=O. The molecule has 62 heavy (non-hydrogen) atoms. The molecule has 6 rings (SSSR count). The molecule has 1 aliphatic carbocycles. The number of carbonyl (C=O) groups excluding carboxylic acids is 6. The predicted octanol–water partition coefficient (Wildman–Crippen LogP) is 1.14. The number of guanidine groups is 1. The normalized spacial score (nSPS) is 24.3. The Morgan fingerprint density at radius 3 is 2.24 bits per heavy atom. The van der Waals surface area contributed by atoms with Gasteiger partial charge >= 0.3 is 0 Å². The van der Waals surface area contributed by atoms with E-state index in [4.69, 9.17) is 17.2 Å². The van der Waals surface area contributed by atoms with Gasteiger partial charge in [0.1, 0.15) is 30.2 Å². The molecule has 1 saturated carbocycles. The molecule has 2 aliphatic heterocycles. The Balaban J connectivity index is 1.29. The highest BCUT2D eigenvalue weighted by atomic mass is 16.2. The minimum absolute atomic E-state index is 0.0449. The fraction of sp³-hybridized carbons (Fsp3) is 0.533. The van der Waals surface area contributed by atoms with E-state index >= 15 is 0 Å². The summed E-state index contributed by atoms with van der Waals surface area (Å²) in [5.74, 6) is -3.00. The van der Waals surface area contributed by atoms with Crippen LogP contribution in [0.1, 0.15) is 88.2 Å². The molecule has 1 aromatic heterocycles. The molecule has 3 aromatic rings. The van der Waals surface area contributed by atoms with E-state index in [1.165, 1.54) is 4.90 Å². The van der Waals surface area contributed by atoms with Crippen LogP contribution in [0.15, 0.2) is 65.8 Å². The maximum Gasteiger partial charge on any atom is 0.245 e. The van der Waals surface area contributed by atoms with Crippen LogP contribution in [-0.2, 0) is 41.6 Å². The third-order valence-electron chi connectivity index (χ3n) is 12.3. The number of nitrogens with two attached hydrogens (primary N) is 3. The van der Waals surface area contributed by atoms with Gasteiger partial charge in [0.25, 0.3) is 0 Å². The molecule has 2 aromatic carbocycles. The van der Waals surface area contributed by atoms with E-state index in [-0.39, 0.29) is 50.7 Å². The van der Waals surface area contributed by atoms with Gasteiger partial charge in [-0.15, -0.1) is 0 Å². The van der Waals surface area contributed by atoms with Crippen LogP contribution in [0.5, 0.6) is 0 Å². The Bertz CT molecular complexity index is 2050. The Labute approximate surface area is 362 Å². The van der Waals surface area contributed by atoms with Gasteiger partial charge < -0.3 is 53.7 Å². The molecule has 17 nitrogen and oxygen atoms in total. The van der Waals surface area contributed by atoms with Crippen molar-refractivity contribution in [2.45, 2.75) is 126 Å². The number of H-pyrrole nitrogens is 1. The summed E-state index contributed by atoms with van der Waals surface area (Å²) in [5, 5.41) is 15.5. The summed E-state index contributed by atoms with van der Waals surface area (Å²) < 4.78 is 0. The third kappa shape index (κ3) is 12.6. The second kappa shape index (κ2) is 22.2. The van der Waals surface area contributed by atoms with E-state index < -0.39 is 71.7 Å². The van der Waals surface area contributed by atoms with E-state index in [1.807, 2.05) is 54.6 Å². The monoisotopic (exact) mass is 853 g/mol. The van der Waals surface area contributed by atoms with Crippen molar-refractivity contribution in [3.63, 3.8) is 0 Å². The molecule has 0 unspecified atom stereocenters. The largest absolute Gasteiger partial charge is 0.370 e. The first-order valence-corrected chi connectivity index (χ1v) is 22.2. The lowest BCUT2D eigenvalue weighted by Crippen LogP contribution is -2.59. The number of aromatic amines is 1. The van der Waals surface area contributed by atoms with Gasteiger partial charge in [0.15, 0.2) is 5.96 Å². The number of benzene rings is 2. The maximum atomic E-state index is 14.6. The van der Waals surface area contributed by atoms with Crippen molar-refractivity contribution in [3.8, 4) is 0 Å². The smallest absolute Gasteiger partial charge is 0.245 e. The first-order chi connectivity index (χ1) is 30.0. The molecule has 17 heteroatoms. The quantitative estimate of drug-likeness (QED) is 0.0988. The molecule has 0 radical (unpaired) electrons. The molecule has 12 N–H and O–H groups in total. The molecule has 6 amide bonds. The van der Waals surface area contributed by atoms with Crippen molar-refractivity contribution in [1.29, 1.82) is 0 Å². The third-order valence-corrected chi connectivity index (χ3v) is 12.3. The second-order valence-electron chi connectivity index (χ2n) is 16.9. The highest BCUT2D eigenvalue weighted by Gasteiger charge is 2.40. The molecule has 6 atom stereocenters. The van der Waals surface area contributed by atoms with E-state index in [0.717, 1.165) is 54.1 Å². The van der Waals surface area contributed by atoms with Crippen molar-refractivity contribution >= 4 is 52.3 Å². The van der Waals surface area contributed by atoms with E-state index in [0.29, 0.717) is 38.6 Å². The number of carbonyl (C=O) groups is 6. The second-order valence-corrected chi connectivity index (χ2v) is 16.9. The lowest BCUT2D eigenvalue weighted by molar-refractivity contribution is -0.142. The van der Waals surface area contributed by atoms with Crippen molar-refractivity contribution in [1.82, 2.24) is 36.5 Å². The first kappa shape index (κ1) is 45.6. The van der Waals surface area contributed by atoms with Gasteiger partial charge in [-0.25, -0.2) is 0 Å². The topological polar surface area (TPSA) is 272 Å². The van der Waals surface area contributed by atoms with Crippen molar-refractivity contribution in [2.24, 2.45) is 28.1 Å². The number of aromatic nitrogens is 1. The van der Waals surface area contributed by atoms with E-state index in [9.17, 15) is 28.8 Å². The lowest BCUT2D eigenvalue weighted by atomic mass is 9.84. The van der Waals surface area contributed by atoms with Gasteiger partial charge in [0.05, 0.1) is 6.04 Å². The minimum Gasteiger partial charge on any atom is -0.370 e. The molecule has 3 fully saturated rings. The van der Waals surface area contributed by atoms with Crippen LogP contribution < -0.4 is 43.8 Å². The highest BCUT2D eigenvalue weighted by molar-refractivity contribution is 5.97. The average Bonchev–Trinajstić information content (AvgIpc) is 3.93. The predicted molar refractivity (Wildman–Crippen MR) is 236 cm³/mol. The summed E-state index contributed by atoms with van der Waals surface area (Å²) in [6.45, 7) is 0.537. The number of hydrogen-bond donors (Lipinski definition) is 9. The molecule has 2 saturated heterocycles. The number of rotatable bonds is 11. The molecule has 3 aliphatic rings. The zero-order chi connectivity index (χ0) is 44.0. The van der Waals surface area contributed by atoms with Gasteiger partial charge in [0, 0.05) is 43.2 Å². The Morgan fingerprint density at radius 1 is 0.774 bits per heavy atom. The number of amides is 6. The Morgan fingerprint density at radius 2 is 1.47 bits per heavy atom. The van der Waals surface area contributed by atoms with Gasteiger partial charge in [-0.2, -0.15) is 0 Å². The minimum atomic E-state index is -1.14. The molecule has 0 bridgehead atoms. The highest BCUT2D eigenvalue weighted by Crippen LogP contribution is 2.28. The van der Waals surface area contributed by atoms with Crippen LogP contribution in [0.3, 0.4) is 0 Å². The van der Waals surface area contributed by atoms with Gasteiger partial charge in [0.2, 0.25) is 35.4 Å². The summed E-state index contributed by atoms with van der Waals surface area (Å²) in [6.07, 6.45) is 9.47. The van der Waals surface area contributed by atoms with Gasteiger partial charge in [-0.3, -0.25) is 33.8 Å². The summed E-state index contributed by atoms with van der Waals surface area (Å²) in [6, 6.07) is 10.9. The van der Waals surface area contributed by atoms with Crippen LogP contribution in [0.2, 0.25) is 0 Å².